The lowest BCUT2D eigenvalue weighted by Gasteiger charge is -2.15. The number of benzene rings is 1. The Hall–Kier alpha value is -1.13. The summed E-state index contributed by atoms with van der Waals surface area (Å²) in [5.74, 6) is 5.42. The number of methoxy groups -OCH3 is 1. The van der Waals surface area contributed by atoms with Gasteiger partial charge in [0.25, 0.3) is 0 Å². The Kier molecular flexibility index (Phi) is 4.05. The van der Waals surface area contributed by atoms with Crippen LogP contribution in [0.1, 0.15) is 24.0 Å². The minimum absolute atomic E-state index is 0.0000463. The molecule has 0 bridgehead atoms. The van der Waals surface area contributed by atoms with Crippen molar-refractivity contribution in [2.24, 2.45) is 5.90 Å². The number of ether oxygens (including phenoxy) is 1. The van der Waals surface area contributed by atoms with E-state index >= 15 is 0 Å². The van der Waals surface area contributed by atoms with Gasteiger partial charge in [0, 0.05) is 11.5 Å². The molecule has 3 nitrogen and oxygen atoms in total. The zero-order valence-electron chi connectivity index (χ0n) is 9.21. The molecule has 2 N–H and O–H groups in total. The van der Waals surface area contributed by atoms with E-state index in [9.17, 15) is 4.39 Å². The number of nitrogens with two attached hydrogens (primary N) is 1. The first kappa shape index (κ1) is 11.9. The smallest absolute Gasteiger partial charge is 0.126 e. The number of rotatable bonds is 4. The van der Waals surface area contributed by atoms with Crippen molar-refractivity contribution >= 4 is 0 Å². The van der Waals surface area contributed by atoms with E-state index in [-0.39, 0.29) is 11.7 Å². The van der Waals surface area contributed by atoms with Crippen LogP contribution < -0.4 is 10.6 Å². The van der Waals surface area contributed by atoms with Crippen LogP contribution in [0.4, 0.5) is 4.39 Å². The summed E-state index contributed by atoms with van der Waals surface area (Å²) in [5.41, 5.74) is 1.34. The fraction of sp³-hybridized carbons (Fsp3) is 0.455. The Labute approximate surface area is 88.9 Å². The largest absolute Gasteiger partial charge is 0.496 e. The maximum Gasteiger partial charge on any atom is 0.126 e. The fourth-order valence-corrected chi connectivity index (χ4v) is 1.47. The quantitative estimate of drug-likeness (QED) is 0.779. The second-order valence-electron chi connectivity index (χ2n) is 3.58. The monoisotopic (exact) mass is 213 g/mol. The first-order valence-electron chi connectivity index (χ1n) is 4.75. The highest BCUT2D eigenvalue weighted by Crippen LogP contribution is 2.29. The van der Waals surface area contributed by atoms with Crippen LogP contribution in [0.5, 0.6) is 5.75 Å². The van der Waals surface area contributed by atoms with Gasteiger partial charge in [-0.2, -0.15) is 0 Å². The van der Waals surface area contributed by atoms with Crippen molar-refractivity contribution in [3.8, 4) is 5.75 Å². The third-order valence-corrected chi connectivity index (χ3v) is 2.39. The molecule has 84 valence electrons. The number of hydrogen-bond acceptors (Lipinski definition) is 3. The summed E-state index contributed by atoms with van der Waals surface area (Å²) in [6.07, 6.45) is 0. The van der Waals surface area contributed by atoms with Gasteiger partial charge in [-0.3, -0.25) is 0 Å². The highest BCUT2D eigenvalue weighted by atomic mass is 19.1. The standard InChI is InChI=1S/C11H16FNO2/c1-7-4-11(14-3)9(5-10(7)12)8(2)6-15-13/h4-5,8H,6,13H2,1-3H3. The van der Waals surface area contributed by atoms with Gasteiger partial charge in [-0.25, -0.2) is 10.3 Å². The van der Waals surface area contributed by atoms with Crippen LogP contribution in [0.25, 0.3) is 0 Å². The fourth-order valence-electron chi connectivity index (χ4n) is 1.47. The van der Waals surface area contributed by atoms with Crippen LogP contribution in [0, 0.1) is 12.7 Å². The molecule has 1 aromatic carbocycles. The van der Waals surface area contributed by atoms with Crippen LogP contribution in [-0.2, 0) is 4.84 Å². The van der Waals surface area contributed by atoms with Crippen molar-refractivity contribution in [3.05, 3.63) is 29.1 Å². The lowest BCUT2D eigenvalue weighted by Crippen LogP contribution is -2.10. The van der Waals surface area contributed by atoms with Crippen molar-refractivity contribution in [1.29, 1.82) is 0 Å². The van der Waals surface area contributed by atoms with Crippen molar-refractivity contribution in [1.82, 2.24) is 0 Å². The van der Waals surface area contributed by atoms with Gasteiger partial charge < -0.3 is 9.57 Å². The van der Waals surface area contributed by atoms with Gasteiger partial charge in [-0.05, 0) is 24.6 Å². The average molecular weight is 213 g/mol. The zero-order valence-corrected chi connectivity index (χ0v) is 9.21. The van der Waals surface area contributed by atoms with E-state index in [1.54, 1.807) is 20.1 Å². The van der Waals surface area contributed by atoms with E-state index < -0.39 is 0 Å². The number of hydrogen-bond donors (Lipinski definition) is 1. The molecule has 0 aliphatic carbocycles. The van der Waals surface area contributed by atoms with E-state index in [0.717, 1.165) is 5.56 Å². The molecule has 0 saturated heterocycles. The van der Waals surface area contributed by atoms with Crippen molar-refractivity contribution in [2.75, 3.05) is 13.7 Å². The van der Waals surface area contributed by atoms with Gasteiger partial charge in [0.1, 0.15) is 11.6 Å². The van der Waals surface area contributed by atoms with Gasteiger partial charge in [-0.15, -0.1) is 0 Å². The predicted molar refractivity (Wildman–Crippen MR) is 56.2 cm³/mol. The molecule has 1 aromatic rings. The maximum absolute atomic E-state index is 13.4. The lowest BCUT2D eigenvalue weighted by molar-refractivity contribution is 0.126. The summed E-state index contributed by atoms with van der Waals surface area (Å²) >= 11 is 0. The molecule has 0 aromatic heterocycles. The maximum atomic E-state index is 13.4. The highest BCUT2D eigenvalue weighted by Gasteiger charge is 2.14. The van der Waals surface area contributed by atoms with Gasteiger partial charge in [-0.1, -0.05) is 6.92 Å². The predicted octanol–water partition coefficient (Wildman–Crippen LogP) is 2.14. The van der Waals surface area contributed by atoms with Crippen LogP contribution in [0.2, 0.25) is 0 Å². The van der Waals surface area contributed by atoms with E-state index in [2.05, 4.69) is 4.84 Å². The Bertz CT molecular complexity index is 342. The minimum atomic E-state index is -0.241. The Morgan fingerprint density at radius 2 is 2.13 bits per heavy atom. The van der Waals surface area contributed by atoms with Crippen molar-refractivity contribution < 1.29 is 14.0 Å². The van der Waals surface area contributed by atoms with Gasteiger partial charge >= 0.3 is 0 Å². The molecule has 1 atom stereocenters. The van der Waals surface area contributed by atoms with Gasteiger partial charge in [0.05, 0.1) is 13.7 Å². The SMILES string of the molecule is COc1cc(C)c(F)cc1C(C)CON. The van der Waals surface area contributed by atoms with Crippen molar-refractivity contribution in [3.63, 3.8) is 0 Å². The molecule has 1 unspecified atom stereocenters. The lowest BCUT2D eigenvalue weighted by atomic mass is 9.99. The highest BCUT2D eigenvalue weighted by molar-refractivity contribution is 5.40. The van der Waals surface area contributed by atoms with Gasteiger partial charge in [0.15, 0.2) is 0 Å². The molecule has 0 radical (unpaired) electrons. The molecule has 1 rings (SSSR count). The molecule has 4 heteroatoms. The molecule has 15 heavy (non-hydrogen) atoms. The molecule has 0 fully saturated rings. The van der Waals surface area contributed by atoms with E-state index in [0.29, 0.717) is 17.9 Å². The summed E-state index contributed by atoms with van der Waals surface area (Å²) in [5, 5.41) is 0. The second kappa shape index (κ2) is 5.09. The summed E-state index contributed by atoms with van der Waals surface area (Å²) in [6.45, 7) is 3.93. The van der Waals surface area contributed by atoms with Crippen molar-refractivity contribution in [2.45, 2.75) is 19.8 Å². The molecular weight excluding hydrogens is 197 g/mol. The van der Waals surface area contributed by atoms with Crippen LogP contribution >= 0.6 is 0 Å². The van der Waals surface area contributed by atoms with Crippen LogP contribution in [0.15, 0.2) is 12.1 Å². The zero-order chi connectivity index (χ0) is 11.4. The summed E-state index contributed by atoms with van der Waals surface area (Å²) in [6, 6.07) is 3.15. The number of aryl methyl sites for hydroxylation is 1. The first-order valence-corrected chi connectivity index (χ1v) is 4.75. The Morgan fingerprint density at radius 3 is 2.67 bits per heavy atom. The molecule has 0 amide bonds. The Balaban J connectivity index is 3.09. The number of halogens is 1. The first-order chi connectivity index (χ1) is 7.10. The van der Waals surface area contributed by atoms with E-state index in [4.69, 9.17) is 10.6 Å². The minimum Gasteiger partial charge on any atom is -0.496 e. The normalized spacial score (nSPS) is 12.6. The van der Waals surface area contributed by atoms with Crippen LogP contribution in [-0.4, -0.2) is 13.7 Å². The topological polar surface area (TPSA) is 44.5 Å². The van der Waals surface area contributed by atoms with Gasteiger partial charge in [0.2, 0.25) is 0 Å². The van der Waals surface area contributed by atoms with E-state index in [1.807, 2.05) is 6.92 Å². The van der Waals surface area contributed by atoms with Crippen LogP contribution in [0.3, 0.4) is 0 Å². The molecule has 0 heterocycles. The molecular formula is C11H16FNO2. The summed E-state index contributed by atoms with van der Waals surface area (Å²) in [7, 11) is 1.56. The third-order valence-electron chi connectivity index (χ3n) is 2.39. The summed E-state index contributed by atoms with van der Waals surface area (Å²) in [4.78, 5) is 4.55. The molecule has 0 aliphatic rings. The molecule has 0 spiro atoms. The summed E-state index contributed by atoms with van der Waals surface area (Å²) < 4.78 is 18.6. The van der Waals surface area contributed by atoms with E-state index in [1.165, 1.54) is 6.07 Å². The molecule has 0 saturated carbocycles. The second-order valence-corrected chi connectivity index (χ2v) is 3.58. The average Bonchev–Trinajstić information content (AvgIpc) is 2.21. The molecule has 0 aliphatic heterocycles. The third kappa shape index (κ3) is 2.67. The Morgan fingerprint density at radius 1 is 1.47 bits per heavy atom.